The first kappa shape index (κ1) is 22.2. The third-order valence-corrected chi connectivity index (χ3v) is 6.72. The van der Waals surface area contributed by atoms with Crippen LogP contribution in [0.25, 0.3) is 0 Å². The van der Waals surface area contributed by atoms with Crippen molar-refractivity contribution in [2.75, 3.05) is 4.72 Å². The summed E-state index contributed by atoms with van der Waals surface area (Å²) in [5.41, 5.74) is 3.48. The molecule has 3 aromatic carbocycles. The van der Waals surface area contributed by atoms with Gasteiger partial charge in [0.2, 0.25) is 0 Å². The van der Waals surface area contributed by atoms with Crippen molar-refractivity contribution in [3.05, 3.63) is 93.0 Å². The van der Waals surface area contributed by atoms with Gasteiger partial charge in [0.15, 0.2) is 0 Å². The van der Waals surface area contributed by atoms with Crippen molar-refractivity contribution in [3.63, 3.8) is 0 Å². The van der Waals surface area contributed by atoms with Crippen LogP contribution in [0.2, 0.25) is 10.0 Å². The molecule has 1 amide bonds. The van der Waals surface area contributed by atoms with E-state index in [-0.39, 0.29) is 22.0 Å². The summed E-state index contributed by atoms with van der Waals surface area (Å²) in [6.45, 7) is 4.12. The van der Waals surface area contributed by atoms with Crippen molar-refractivity contribution >= 4 is 44.8 Å². The smallest absolute Gasteiger partial charge is 0.263 e. The molecule has 0 aliphatic rings. The Balaban J connectivity index is 1.80. The fraction of sp³-hybridized carbons (Fsp3) is 0.136. The van der Waals surface area contributed by atoms with Gasteiger partial charge in [-0.2, -0.15) is 0 Å². The van der Waals surface area contributed by atoms with E-state index >= 15 is 0 Å². The van der Waals surface area contributed by atoms with Crippen molar-refractivity contribution in [3.8, 4) is 0 Å². The van der Waals surface area contributed by atoms with Gasteiger partial charge in [-0.05, 0) is 73.0 Å². The summed E-state index contributed by atoms with van der Waals surface area (Å²) in [6.07, 6.45) is 0. The monoisotopic (exact) mass is 462 g/mol. The molecule has 0 spiro atoms. The van der Waals surface area contributed by atoms with E-state index in [1.54, 1.807) is 36.4 Å². The second kappa shape index (κ2) is 9.08. The molecular formula is C22H20Cl2N2O3S. The van der Waals surface area contributed by atoms with E-state index in [0.29, 0.717) is 10.7 Å². The van der Waals surface area contributed by atoms with Gasteiger partial charge in [-0.15, -0.1) is 0 Å². The first-order valence-corrected chi connectivity index (χ1v) is 11.3. The molecule has 2 N–H and O–H groups in total. The lowest BCUT2D eigenvalue weighted by molar-refractivity contribution is 0.0950. The Morgan fingerprint density at radius 1 is 0.900 bits per heavy atom. The van der Waals surface area contributed by atoms with Gasteiger partial charge in [0.25, 0.3) is 15.9 Å². The van der Waals surface area contributed by atoms with Crippen LogP contribution in [0.15, 0.2) is 65.6 Å². The van der Waals surface area contributed by atoms with E-state index in [2.05, 4.69) is 10.0 Å². The van der Waals surface area contributed by atoms with Crippen LogP contribution in [-0.2, 0) is 16.6 Å². The van der Waals surface area contributed by atoms with Crippen LogP contribution in [0.3, 0.4) is 0 Å². The highest BCUT2D eigenvalue weighted by Gasteiger charge is 2.20. The molecule has 0 aliphatic carbocycles. The zero-order valence-corrected chi connectivity index (χ0v) is 18.7. The Morgan fingerprint density at radius 3 is 2.27 bits per heavy atom. The molecule has 0 heterocycles. The molecular weight excluding hydrogens is 443 g/mol. The Kier molecular flexibility index (Phi) is 6.71. The molecule has 5 nitrogen and oxygen atoms in total. The van der Waals surface area contributed by atoms with Crippen LogP contribution in [0, 0.1) is 13.8 Å². The molecule has 0 bridgehead atoms. The number of carbonyl (C=O) groups is 1. The number of anilines is 1. The number of rotatable bonds is 6. The Morgan fingerprint density at radius 2 is 1.60 bits per heavy atom. The van der Waals surface area contributed by atoms with Gasteiger partial charge in [0.1, 0.15) is 4.90 Å². The van der Waals surface area contributed by atoms with Crippen molar-refractivity contribution in [1.82, 2.24) is 5.32 Å². The predicted octanol–water partition coefficient (Wildman–Crippen LogP) is 5.34. The molecule has 0 saturated carbocycles. The van der Waals surface area contributed by atoms with Crippen molar-refractivity contribution in [1.29, 1.82) is 0 Å². The molecule has 0 aliphatic heterocycles. The number of hydrogen-bond donors (Lipinski definition) is 2. The van der Waals surface area contributed by atoms with Crippen molar-refractivity contribution < 1.29 is 13.2 Å². The number of hydrogen-bond acceptors (Lipinski definition) is 3. The fourth-order valence-electron chi connectivity index (χ4n) is 2.75. The summed E-state index contributed by atoms with van der Waals surface area (Å²) < 4.78 is 28.2. The molecule has 156 valence electrons. The number of halogens is 2. The van der Waals surface area contributed by atoms with Crippen molar-refractivity contribution in [2.24, 2.45) is 0 Å². The molecule has 30 heavy (non-hydrogen) atoms. The van der Waals surface area contributed by atoms with Crippen LogP contribution < -0.4 is 10.0 Å². The maximum absolute atomic E-state index is 12.9. The number of carbonyl (C=O) groups excluding carboxylic acids is 1. The maximum Gasteiger partial charge on any atom is 0.263 e. The predicted molar refractivity (Wildman–Crippen MR) is 121 cm³/mol. The Hall–Kier alpha value is -2.54. The number of aryl methyl sites for hydroxylation is 2. The molecule has 0 saturated heterocycles. The van der Waals surface area contributed by atoms with Crippen LogP contribution in [0.5, 0.6) is 0 Å². The number of nitrogens with one attached hydrogen (secondary N) is 2. The summed E-state index contributed by atoms with van der Waals surface area (Å²) >= 11 is 12.0. The van der Waals surface area contributed by atoms with Crippen LogP contribution in [0.1, 0.15) is 27.0 Å². The highest BCUT2D eigenvalue weighted by Crippen LogP contribution is 2.26. The molecule has 0 aromatic heterocycles. The molecule has 0 unspecified atom stereocenters. The second-order valence-corrected chi connectivity index (χ2v) is 9.35. The van der Waals surface area contributed by atoms with Crippen LogP contribution in [0.4, 0.5) is 5.69 Å². The van der Waals surface area contributed by atoms with Gasteiger partial charge >= 0.3 is 0 Å². The second-order valence-electron chi connectivity index (χ2n) is 6.86. The van der Waals surface area contributed by atoms with Gasteiger partial charge < -0.3 is 5.32 Å². The Bertz CT molecular complexity index is 1190. The third kappa shape index (κ3) is 5.33. The van der Waals surface area contributed by atoms with Gasteiger partial charge in [0, 0.05) is 22.8 Å². The summed E-state index contributed by atoms with van der Waals surface area (Å²) in [5, 5.41) is 3.39. The minimum absolute atomic E-state index is 0.0283. The normalized spacial score (nSPS) is 11.2. The fourth-order valence-corrected chi connectivity index (χ4v) is 4.45. The molecule has 3 aromatic rings. The molecule has 0 fully saturated rings. The summed E-state index contributed by atoms with van der Waals surface area (Å²) in [5.74, 6) is -0.413. The van der Waals surface area contributed by atoms with E-state index in [4.69, 9.17) is 23.2 Å². The summed E-state index contributed by atoms with van der Waals surface area (Å²) in [7, 11) is -3.98. The highest BCUT2D eigenvalue weighted by molar-refractivity contribution is 7.92. The largest absolute Gasteiger partial charge is 0.348 e. The van der Waals surface area contributed by atoms with Gasteiger partial charge in [0.05, 0.1) is 5.02 Å². The van der Waals surface area contributed by atoms with Gasteiger partial charge in [-0.25, -0.2) is 8.42 Å². The maximum atomic E-state index is 12.9. The summed E-state index contributed by atoms with van der Waals surface area (Å²) in [6, 6.07) is 16.4. The third-order valence-electron chi connectivity index (χ3n) is 4.61. The lowest BCUT2D eigenvalue weighted by Crippen LogP contribution is -2.23. The number of benzene rings is 3. The van der Waals surface area contributed by atoms with E-state index in [1.807, 2.05) is 19.9 Å². The van der Waals surface area contributed by atoms with Crippen LogP contribution >= 0.6 is 23.2 Å². The van der Waals surface area contributed by atoms with Crippen molar-refractivity contribution in [2.45, 2.75) is 25.3 Å². The van der Waals surface area contributed by atoms with E-state index in [1.165, 1.54) is 18.2 Å². The van der Waals surface area contributed by atoms with E-state index in [0.717, 1.165) is 16.7 Å². The standard InChI is InChI=1S/C22H20Cl2N2O3S/c1-14-3-9-19(11-15(14)2)26-30(28,29)21-12-17(6-10-20(21)24)22(27)25-13-16-4-7-18(23)8-5-16/h3-12,26H,13H2,1-2H3,(H,25,27). The number of amides is 1. The van der Waals surface area contributed by atoms with Gasteiger partial charge in [-0.3, -0.25) is 9.52 Å². The first-order chi connectivity index (χ1) is 14.2. The SMILES string of the molecule is Cc1ccc(NS(=O)(=O)c2cc(C(=O)NCc3ccc(Cl)cc3)ccc2Cl)cc1C. The number of sulfonamides is 1. The minimum Gasteiger partial charge on any atom is -0.348 e. The molecule has 0 atom stereocenters. The highest BCUT2D eigenvalue weighted by atomic mass is 35.5. The average molecular weight is 463 g/mol. The molecule has 8 heteroatoms. The average Bonchev–Trinajstić information content (AvgIpc) is 2.70. The van der Waals surface area contributed by atoms with E-state index < -0.39 is 15.9 Å². The quantitative estimate of drug-likeness (QED) is 0.518. The lowest BCUT2D eigenvalue weighted by atomic mass is 10.1. The topological polar surface area (TPSA) is 75.3 Å². The van der Waals surface area contributed by atoms with E-state index in [9.17, 15) is 13.2 Å². The molecule has 0 radical (unpaired) electrons. The Labute approximate surface area is 186 Å². The summed E-state index contributed by atoms with van der Waals surface area (Å²) in [4.78, 5) is 12.4. The van der Waals surface area contributed by atoms with Gasteiger partial charge in [-0.1, -0.05) is 41.4 Å². The first-order valence-electron chi connectivity index (χ1n) is 9.08. The molecule has 3 rings (SSSR count). The lowest BCUT2D eigenvalue weighted by Gasteiger charge is -2.12. The minimum atomic E-state index is -3.98. The zero-order valence-electron chi connectivity index (χ0n) is 16.4. The zero-order chi connectivity index (χ0) is 21.9. The van der Waals surface area contributed by atoms with Crippen LogP contribution in [-0.4, -0.2) is 14.3 Å².